The van der Waals surface area contributed by atoms with Gasteiger partial charge in [-0.15, -0.1) is 0 Å². The predicted octanol–water partition coefficient (Wildman–Crippen LogP) is 3.74. The number of hydrogen-bond acceptors (Lipinski definition) is 5. The van der Waals surface area contributed by atoms with E-state index in [0.29, 0.717) is 31.1 Å². The minimum absolute atomic E-state index is 0.283. The molecule has 1 fully saturated rings. The molecule has 1 saturated heterocycles. The number of carboxylic acids is 1. The SMILES string of the molecule is CCOc1cccc(C(c2cccc(OC)c2OC)N2CCCC2C(=O)O)c1. The molecule has 1 heterocycles. The Labute approximate surface area is 165 Å². The molecule has 0 aliphatic carbocycles. The Morgan fingerprint density at radius 2 is 2.00 bits per heavy atom. The maximum Gasteiger partial charge on any atom is 0.320 e. The number of methoxy groups -OCH3 is 2. The number of rotatable bonds is 8. The summed E-state index contributed by atoms with van der Waals surface area (Å²) >= 11 is 0. The Bertz CT molecular complexity index is 822. The van der Waals surface area contributed by atoms with Gasteiger partial charge in [0.2, 0.25) is 0 Å². The molecule has 2 unspecified atom stereocenters. The van der Waals surface area contributed by atoms with E-state index >= 15 is 0 Å². The van der Waals surface area contributed by atoms with Crippen LogP contribution in [0.1, 0.15) is 36.9 Å². The topological polar surface area (TPSA) is 68.2 Å². The van der Waals surface area contributed by atoms with Gasteiger partial charge in [0, 0.05) is 12.1 Å². The molecule has 1 aliphatic heterocycles. The largest absolute Gasteiger partial charge is 0.494 e. The van der Waals surface area contributed by atoms with E-state index in [2.05, 4.69) is 0 Å². The van der Waals surface area contributed by atoms with E-state index in [-0.39, 0.29) is 6.04 Å². The summed E-state index contributed by atoms with van der Waals surface area (Å²) in [5.41, 5.74) is 1.84. The molecular weight excluding hydrogens is 358 g/mol. The van der Waals surface area contributed by atoms with Crippen molar-refractivity contribution in [1.29, 1.82) is 0 Å². The fourth-order valence-corrected chi connectivity index (χ4v) is 3.98. The molecular formula is C22H27NO5. The third-order valence-electron chi connectivity index (χ3n) is 5.12. The van der Waals surface area contributed by atoms with Gasteiger partial charge in [-0.05, 0) is 43.5 Å². The zero-order valence-electron chi connectivity index (χ0n) is 16.6. The van der Waals surface area contributed by atoms with Crippen molar-refractivity contribution in [2.75, 3.05) is 27.4 Å². The summed E-state index contributed by atoms with van der Waals surface area (Å²) in [7, 11) is 3.20. The lowest BCUT2D eigenvalue weighted by Crippen LogP contribution is -2.39. The van der Waals surface area contributed by atoms with E-state index in [0.717, 1.165) is 23.3 Å². The average molecular weight is 385 g/mol. The molecule has 0 bridgehead atoms. The zero-order valence-corrected chi connectivity index (χ0v) is 16.6. The third kappa shape index (κ3) is 3.92. The molecule has 2 aromatic carbocycles. The lowest BCUT2D eigenvalue weighted by molar-refractivity contribution is -0.142. The molecule has 6 heteroatoms. The van der Waals surface area contributed by atoms with Gasteiger partial charge in [-0.3, -0.25) is 9.69 Å². The Balaban J connectivity index is 2.16. The van der Waals surface area contributed by atoms with Crippen LogP contribution in [0.2, 0.25) is 0 Å². The van der Waals surface area contributed by atoms with E-state index in [1.165, 1.54) is 0 Å². The van der Waals surface area contributed by atoms with Crippen molar-refractivity contribution in [3.8, 4) is 17.2 Å². The first-order valence-corrected chi connectivity index (χ1v) is 9.52. The first-order chi connectivity index (χ1) is 13.6. The summed E-state index contributed by atoms with van der Waals surface area (Å²) in [5.74, 6) is 1.20. The molecule has 1 aliphatic rings. The minimum atomic E-state index is -0.801. The number of benzene rings is 2. The number of ether oxygens (including phenoxy) is 3. The van der Waals surface area contributed by atoms with Crippen LogP contribution in [0.15, 0.2) is 42.5 Å². The van der Waals surface area contributed by atoms with Gasteiger partial charge in [-0.1, -0.05) is 24.3 Å². The van der Waals surface area contributed by atoms with E-state index in [1.807, 2.05) is 54.3 Å². The second-order valence-corrected chi connectivity index (χ2v) is 6.72. The number of carbonyl (C=O) groups is 1. The highest BCUT2D eigenvalue weighted by Gasteiger charge is 2.38. The van der Waals surface area contributed by atoms with Crippen LogP contribution < -0.4 is 14.2 Å². The lowest BCUT2D eigenvalue weighted by Gasteiger charge is -2.33. The number of aliphatic carboxylic acids is 1. The van der Waals surface area contributed by atoms with Crippen molar-refractivity contribution in [3.63, 3.8) is 0 Å². The van der Waals surface area contributed by atoms with Crippen molar-refractivity contribution in [1.82, 2.24) is 4.90 Å². The van der Waals surface area contributed by atoms with Crippen LogP contribution in [0.5, 0.6) is 17.2 Å². The maximum absolute atomic E-state index is 11.9. The Kier molecular flexibility index (Phi) is 6.41. The highest BCUT2D eigenvalue weighted by molar-refractivity contribution is 5.74. The maximum atomic E-state index is 11.9. The smallest absolute Gasteiger partial charge is 0.320 e. The van der Waals surface area contributed by atoms with Crippen molar-refractivity contribution >= 4 is 5.97 Å². The van der Waals surface area contributed by atoms with E-state index < -0.39 is 12.0 Å². The van der Waals surface area contributed by atoms with Gasteiger partial charge in [0.1, 0.15) is 11.8 Å². The molecule has 2 atom stereocenters. The van der Waals surface area contributed by atoms with Gasteiger partial charge in [0.15, 0.2) is 11.5 Å². The normalized spacial score (nSPS) is 17.9. The lowest BCUT2D eigenvalue weighted by atomic mass is 9.94. The standard InChI is InChI=1S/C22H27NO5/c1-4-28-16-9-5-8-15(14-16)20(23-13-7-11-18(23)22(24)25)17-10-6-12-19(26-2)21(17)27-3/h5-6,8-10,12,14,18,20H,4,7,11,13H2,1-3H3,(H,24,25). The highest BCUT2D eigenvalue weighted by atomic mass is 16.5. The summed E-state index contributed by atoms with van der Waals surface area (Å²) in [6, 6.07) is 12.7. The van der Waals surface area contributed by atoms with Crippen molar-refractivity contribution < 1.29 is 24.1 Å². The summed E-state index contributed by atoms with van der Waals surface area (Å²) in [6.45, 7) is 3.20. The summed E-state index contributed by atoms with van der Waals surface area (Å²) in [6.07, 6.45) is 1.47. The molecule has 150 valence electrons. The molecule has 6 nitrogen and oxygen atoms in total. The fourth-order valence-electron chi connectivity index (χ4n) is 3.98. The first-order valence-electron chi connectivity index (χ1n) is 9.52. The Hall–Kier alpha value is -2.73. The van der Waals surface area contributed by atoms with Gasteiger partial charge in [-0.25, -0.2) is 0 Å². The van der Waals surface area contributed by atoms with Crippen molar-refractivity contribution in [3.05, 3.63) is 53.6 Å². The molecule has 0 radical (unpaired) electrons. The van der Waals surface area contributed by atoms with Crippen LogP contribution >= 0.6 is 0 Å². The van der Waals surface area contributed by atoms with Crippen LogP contribution in [0.3, 0.4) is 0 Å². The Morgan fingerprint density at radius 3 is 2.68 bits per heavy atom. The number of carboxylic acid groups (broad SMARTS) is 1. The first kappa shape index (κ1) is 20.0. The molecule has 0 aromatic heterocycles. The predicted molar refractivity (Wildman–Crippen MR) is 106 cm³/mol. The number of para-hydroxylation sites is 1. The van der Waals surface area contributed by atoms with Crippen molar-refractivity contribution in [2.24, 2.45) is 0 Å². The summed E-state index contributed by atoms with van der Waals surface area (Å²) in [4.78, 5) is 13.9. The summed E-state index contributed by atoms with van der Waals surface area (Å²) in [5, 5.41) is 9.77. The minimum Gasteiger partial charge on any atom is -0.494 e. The second kappa shape index (κ2) is 8.97. The number of likely N-dealkylation sites (tertiary alicyclic amines) is 1. The zero-order chi connectivity index (χ0) is 20.1. The van der Waals surface area contributed by atoms with Gasteiger partial charge >= 0.3 is 5.97 Å². The molecule has 28 heavy (non-hydrogen) atoms. The van der Waals surface area contributed by atoms with Gasteiger partial charge in [-0.2, -0.15) is 0 Å². The molecule has 1 N–H and O–H groups in total. The van der Waals surface area contributed by atoms with Crippen LogP contribution in [0, 0.1) is 0 Å². The van der Waals surface area contributed by atoms with E-state index in [4.69, 9.17) is 14.2 Å². The van der Waals surface area contributed by atoms with Gasteiger partial charge in [0.05, 0.1) is 26.9 Å². The average Bonchev–Trinajstić information content (AvgIpc) is 3.18. The molecule has 0 amide bonds. The Morgan fingerprint density at radius 1 is 1.21 bits per heavy atom. The van der Waals surface area contributed by atoms with Crippen LogP contribution in [-0.4, -0.2) is 49.4 Å². The monoisotopic (exact) mass is 385 g/mol. The molecule has 2 aromatic rings. The fraction of sp³-hybridized carbons (Fsp3) is 0.409. The van der Waals surface area contributed by atoms with Crippen molar-refractivity contribution in [2.45, 2.75) is 31.8 Å². The summed E-state index contributed by atoms with van der Waals surface area (Å²) < 4.78 is 16.8. The van der Waals surface area contributed by atoms with Crippen LogP contribution in [0.4, 0.5) is 0 Å². The highest BCUT2D eigenvalue weighted by Crippen LogP contribution is 2.43. The van der Waals surface area contributed by atoms with Crippen LogP contribution in [-0.2, 0) is 4.79 Å². The third-order valence-corrected chi connectivity index (χ3v) is 5.12. The quantitative estimate of drug-likeness (QED) is 0.747. The van der Waals surface area contributed by atoms with E-state index in [1.54, 1.807) is 14.2 Å². The molecule has 0 saturated carbocycles. The number of nitrogens with zero attached hydrogens (tertiary/aromatic N) is 1. The number of hydrogen-bond donors (Lipinski definition) is 1. The van der Waals surface area contributed by atoms with Gasteiger partial charge in [0.25, 0.3) is 0 Å². The van der Waals surface area contributed by atoms with E-state index in [9.17, 15) is 9.90 Å². The molecule has 0 spiro atoms. The van der Waals surface area contributed by atoms with Crippen LogP contribution in [0.25, 0.3) is 0 Å². The van der Waals surface area contributed by atoms with Gasteiger partial charge < -0.3 is 19.3 Å². The second-order valence-electron chi connectivity index (χ2n) is 6.72. The molecule has 3 rings (SSSR count).